The molecule has 0 spiro atoms. The summed E-state index contributed by atoms with van der Waals surface area (Å²) >= 11 is 0. The zero-order valence-corrected chi connectivity index (χ0v) is 13.6. The van der Waals surface area contributed by atoms with Crippen molar-refractivity contribution < 1.29 is 23.7 Å². The van der Waals surface area contributed by atoms with Gasteiger partial charge >= 0.3 is 11.7 Å². The van der Waals surface area contributed by atoms with E-state index in [1.807, 2.05) is 13.8 Å². The molecule has 0 saturated carbocycles. The number of hydrogen-bond acceptors (Lipinski definition) is 7. The molecule has 0 radical (unpaired) electrons. The van der Waals surface area contributed by atoms with Gasteiger partial charge in [0.1, 0.15) is 0 Å². The molecule has 8 nitrogen and oxygen atoms in total. The smallest absolute Gasteiger partial charge is 0.360 e. The van der Waals surface area contributed by atoms with Crippen LogP contribution < -0.4 is 4.74 Å². The van der Waals surface area contributed by atoms with Gasteiger partial charge in [-0.15, -0.1) is 0 Å². The predicted molar refractivity (Wildman–Crippen MR) is 84.9 cm³/mol. The van der Waals surface area contributed by atoms with Gasteiger partial charge in [0.25, 0.3) is 0 Å². The quantitative estimate of drug-likeness (QED) is 0.433. The molecule has 128 valence electrons. The average molecular weight is 334 g/mol. The summed E-state index contributed by atoms with van der Waals surface area (Å²) in [6.45, 7) is 6.17. The number of rotatable bonds is 7. The van der Waals surface area contributed by atoms with E-state index < -0.39 is 10.9 Å². The van der Waals surface area contributed by atoms with Gasteiger partial charge in [-0.3, -0.25) is 10.1 Å². The molecule has 2 rings (SSSR count). The Hall–Kier alpha value is -2.90. The molecule has 0 unspecified atom stereocenters. The molecule has 0 amide bonds. The van der Waals surface area contributed by atoms with E-state index in [0.717, 1.165) is 0 Å². The van der Waals surface area contributed by atoms with Crippen molar-refractivity contribution in [2.45, 2.75) is 20.8 Å². The van der Waals surface area contributed by atoms with Gasteiger partial charge in [-0.05, 0) is 25.0 Å². The van der Waals surface area contributed by atoms with Gasteiger partial charge in [0, 0.05) is 17.7 Å². The van der Waals surface area contributed by atoms with Crippen LogP contribution in [0.2, 0.25) is 0 Å². The first-order valence-corrected chi connectivity index (χ1v) is 7.47. The SMILES string of the molecule is CCOC(=O)c1cc(-c2ccc(OCC(C)C)c([N+](=O)[O-])c2)on1. The molecule has 1 heterocycles. The summed E-state index contributed by atoms with van der Waals surface area (Å²) < 4.78 is 15.4. The molecule has 1 aromatic carbocycles. The van der Waals surface area contributed by atoms with Crippen molar-refractivity contribution in [2.75, 3.05) is 13.2 Å². The molecule has 0 N–H and O–H groups in total. The van der Waals surface area contributed by atoms with Crippen molar-refractivity contribution in [2.24, 2.45) is 5.92 Å². The Morgan fingerprint density at radius 2 is 2.12 bits per heavy atom. The minimum atomic E-state index is -0.612. The molecule has 0 fully saturated rings. The van der Waals surface area contributed by atoms with Crippen LogP contribution in [0.3, 0.4) is 0 Å². The maximum atomic E-state index is 11.6. The Balaban J connectivity index is 2.30. The van der Waals surface area contributed by atoms with Crippen LogP contribution in [-0.4, -0.2) is 29.3 Å². The van der Waals surface area contributed by atoms with Gasteiger partial charge in [-0.25, -0.2) is 4.79 Å². The lowest BCUT2D eigenvalue weighted by Gasteiger charge is -2.09. The topological polar surface area (TPSA) is 105 Å². The molecule has 8 heteroatoms. The summed E-state index contributed by atoms with van der Waals surface area (Å²) in [4.78, 5) is 22.3. The summed E-state index contributed by atoms with van der Waals surface area (Å²) in [5.41, 5.74) is 0.249. The molecule has 0 aliphatic heterocycles. The zero-order valence-electron chi connectivity index (χ0n) is 13.6. The van der Waals surface area contributed by atoms with Crippen LogP contribution >= 0.6 is 0 Å². The van der Waals surface area contributed by atoms with Gasteiger partial charge < -0.3 is 14.0 Å². The summed E-state index contributed by atoms with van der Waals surface area (Å²) in [5, 5.41) is 14.9. The first-order valence-electron chi connectivity index (χ1n) is 7.47. The number of aromatic nitrogens is 1. The van der Waals surface area contributed by atoms with E-state index in [0.29, 0.717) is 12.2 Å². The highest BCUT2D eigenvalue weighted by molar-refractivity contribution is 5.88. The standard InChI is InChI=1S/C16H18N2O6/c1-4-22-16(19)12-8-15(24-17-12)11-5-6-14(23-9-10(2)3)13(7-11)18(20)21/h5-8,10H,4,9H2,1-3H3. The maximum absolute atomic E-state index is 11.6. The summed E-state index contributed by atoms with van der Waals surface area (Å²) in [5.74, 6) is 0.0451. The van der Waals surface area contributed by atoms with E-state index in [1.54, 1.807) is 13.0 Å². The first kappa shape index (κ1) is 17.5. The van der Waals surface area contributed by atoms with Crippen LogP contribution in [0.15, 0.2) is 28.8 Å². The van der Waals surface area contributed by atoms with Gasteiger partial charge in [0.05, 0.1) is 18.1 Å². The Bertz CT molecular complexity index is 738. The van der Waals surface area contributed by atoms with Crippen molar-refractivity contribution in [1.29, 1.82) is 0 Å². The fourth-order valence-corrected chi connectivity index (χ4v) is 1.90. The molecule has 0 atom stereocenters. The molecule has 1 aromatic heterocycles. The lowest BCUT2D eigenvalue weighted by atomic mass is 10.1. The normalized spacial score (nSPS) is 10.7. The number of hydrogen-bond donors (Lipinski definition) is 0. The van der Waals surface area contributed by atoms with E-state index >= 15 is 0 Å². The lowest BCUT2D eigenvalue weighted by molar-refractivity contribution is -0.385. The molecular weight excluding hydrogens is 316 g/mol. The highest BCUT2D eigenvalue weighted by Gasteiger charge is 2.20. The van der Waals surface area contributed by atoms with Crippen LogP contribution in [0.4, 0.5) is 5.69 Å². The van der Waals surface area contributed by atoms with E-state index in [-0.39, 0.29) is 35.4 Å². The fourth-order valence-electron chi connectivity index (χ4n) is 1.90. The van der Waals surface area contributed by atoms with Crippen LogP contribution in [0.25, 0.3) is 11.3 Å². The fraction of sp³-hybridized carbons (Fsp3) is 0.375. The number of carbonyl (C=O) groups is 1. The number of nitro benzene ring substituents is 1. The third kappa shape index (κ3) is 4.09. The predicted octanol–water partition coefficient (Wildman–Crippen LogP) is 3.46. The van der Waals surface area contributed by atoms with Gasteiger partial charge in [0.15, 0.2) is 17.2 Å². The van der Waals surface area contributed by atoms with Crippen molar-refractivity contribution >= 4 is 11.7 Å². The van der Waals surface area contributed by atoms with Gasteiger partial charge in [-0.1, -0.05) is 19.0 Å². The number of ether oxygens (including phenoxy) is 2. The average Bonchev–Trinajstić information content (AvgIpc) is 3.03. The summed E-state index contributed by atoms with van der Waals surface area (Å²) in [6.07, 6.45) is 0. The second-order valence-corrected chi connectivity index (χ2v) is 5.44. The Morgan fingerprint density at radius 3 is 2.75 bits per heavy atom. The van der Waals surface area contributed by atoms with Crippen LogP contribution in [0.1, 0.15) is 31.3 Å². The molecule has 0 bridgehead atoms. The molecule has 2 aromatic rings. The molecule has 0 aliphatic carbocycles. The van der Waals surface area contributed by atoms with Crippen molar-refractivity contribution in [3.63, 3.8) is 0 Å². The van der Waals surface area contributed by atoms with Gasteiger partial charge in [0.2, 0.25) is 0 Å². The number of nitro groups is 1. The highest BCUT2D eigenvalue weighted by atomic mass is 16.6. The Labute approximate surface area is 138 Å². The summed E-state index contributed by atoms with van der Waals surface area (Å²) in [7, 11) is 0. The van der Waals surface area contributed by atoms with Crippen molar-refractivity contribution in [3.8, 4) is 17.1 Å². The van der Waals surface area contributed by atoms with E-state index in [1.165, 1.54) is 18.2 Å². The van der Waals surface area contributed by atoms with Crippen molar-refractivity contribution in [1.82, 2.24) is 5.16 Å². The number of benzene rings is 1. The van der Waals surface area contributed by atoms with E-state index in [4.69, 9.17) is 14.0 Å². The molecule has 24 heavy (non-hydrogen) atoms. The van der Waals surface area contributed by atoms with E-state index in [9.17, 15) is 14.9 Å². The van der Waals surface area contributed by atoms with Crippen LogP contribution in [0.5, 0.6) is 5.75 Å². The monoisotopic (exact) mass is 334 g/mol. The maximum Gasteiger partial charge on any atom is 0.360 e. The minimum absolute atomic E-state index is 0.00892. The number of carbonyl (C=O) groups excluding carboxylic acids is 1. The Kier molecular flexibility index (Phi) is 5.51. The third-order valence-electron chi connectivity index (χ3n) is 3.01. The Morgan fingerprint density at radius 1 is 1.38 bits per heavy atom. The third-order valence-corrected chi connectivity index (χ3v) is 3.01. The largest absolute Gasteiger partial charge is 0.487 e. The van der Waals surface area contributed by atoms with Crippen LogP contribution in [-0.2, 0) is 4.74 Å². The van der Waals surface area contributed by atoms with Crippen LogP contribution in [0, 0.1) is 16.0 Å². The second kappa shape index (κ2) is 7.58. The van der Waals surface area contributed by atoms with Crippen molar-refractivity contribution in [3.05, 3.63) is 40.1 Å². The molecule has 0 aliphatic rings. The molecular formula is C16H18N2O6. The van der Waals surface area contributed by atoms with E-state index in [2.05, 4.69) is 5.16 Å². The van der Waals surface area contributed by atoms with Gasteiger partial charge in [-0.2, -0.15) is 0 Å². The second-order valence-electron chi connectivity index (χ2n) is 5.44. The molecule has 0 saturated heterocycles. The number of esters is 1. The zero-order chi connectivity index (χ0) is 17.7. The summed E-state index contributed by atoms with van der Waals surface area (Å²) in [6, 6.07) is 5.82. The first-order chi connectivity index (χ1) is 11.4. The number of nitrogens with zero attached hydrogens (tertiary/aromatic N) is 2. The lowest BCUT2D eigenvalue weighted by Crippen LogP contribution is -2.06. The minimum Gasteiger partial charge on any atom is -0.487 e. The highest BCUT2D eigenvalue weighted by Crippen LogP contribution is 2.33.